The molecule has 0 N–H and O–H groups in total. The van der Waals surface area contributed by atoms with E-state index < -0.39 is 10.0 Å². The monoisotopic (exact) mass is 135 g/mol. The van der Waals surface area contributed by atoms with Gasteiger partial charge < -0.3 is 0 Å². The quantitative estimate of drug-likeness (QED) is 0.418. The molecule has 1 amide bonds. The molecule has 0 unspecified atom stereocenters. The molecule has 1 fully saturated rings. The lowest BCUT2D eigenvalue weighted by molar-refractivity contribution is -0.125. The molecule has 0 aromatic carbocycles. The van der Waals surface area contributed by atoms with Crippen molar-refractivity contribution in [1.29, 1.82) is 0 Å². The van der Waals surface area contributed by atoms with E-state index in [9.17, 15) is 13.2 Å². The van der Waals surface area contributed by atoms with Crippen LogP contribution in [0.25, 0.3) is 0 Å². The number of rotatable bonds is 0. The molecule has 5 heteroatoms. The van der Waals surface area contributed by atoms with Crippen LogP contribution >= 0.6 is 0 Å². The Morgan fingerprint density at radius 1 is 1.62 bits per heavy atom. The normalized spacial score (nSPS) is 25.1. The molecule has 0 atom stereocenters. The second-order valence-corrected chi connectivity index (χ2v) is 3.62. The van der Waals surface area contributed by atoms with Gasteiger partial charge in [-0.3, -0.25) is 4.79 Å². The van der Waals surface area contributed by atoms with Crippen LogP contribution in [-0.4, -0.2) is 31.4 Å². The van der Waals surface area contributed by atoms with Gasteiger partial charge in [0.15, 0.2) is 0 Å². The minimum atomic E-state index is -3.13. The van der Waals surface area contributed by atoms with Crippen molar-refractivity contribution >= 4 is 15.9 Å². The minimum Gasteiger partial charge on any atom is -0.273 e. The van der Waals surface area contributed by atoms with Crippen LogP contribution in [0.2, 0.25) is 0 Å². The van der Waals surface area contributed by atoms with Crippen LogP contribution < -0.4 is 0 Å². The van der Waals surface area contributed by atoms with E-state index in [4.69, 9.17) is 0 Å². The van der Waals surface area contributed by atoms with Crippen molar-refractivity contribution in [3.63, 3.8) is 0 Å². The van der Waals surface area contributed by atoms with Crippen molar-refractivity contribution in [2.45, 2.75) is 0 Å². The number of amides is 1. The average Bonchev–Trinajstić information content (AvgIpc) is 1.65. The van der Waals surface area contributed by atoms with Crippen molar-refractivity contribution in [3.05, 3.63) is 0 Å². The van der Waals surface area contributed by atoms with Crippen LogP contribution in [0.5, 0.6) is 0 Å². The number of sulfonamides is 1. The third-order valence-corrected chi connectivity index (χ3v) is 2.72. The highest BCUT2D eigenvalue weighted by Crippen LogP contribution is 2.09. The van der Waals surface area contributed by atoms with Gasteiger partial charge in [0.2, 0.25) is 10.0 Å². The molecular formula is C3H5NO3S. The zero-order chi connectivity index (χ0) is 6.36. The molecule has 4 nitrogen and oxygen atoms in total. The first-order chi connectivity index (χ1) is 3.54. The molecule has 0 saturated carbocycles. The standard InChI is InChI=1S/C3H5NO3S/c1-4-3(5)2-8(4,6)7/h2H2,1H3. The molecule has 1 aliphatic rings. The van der Waals surface area contributed by atoms with Gasteiger partial charge in [0.1, 0.15) is 5.75 Å². The Kier molecular flexibility index (Phi) is 0.849. The van der Waals surface area contributed by atoms with Crippen LogP contribution in [0.15, 0.2) is 0 Å². The number of hydrogen-bond acceptors (Lipinski definition) is 3. The smallest absolute Gasteiger partial charge is 0.252 e. The van der Waals surface area contributed by atoms with Gasteiger partial charge in [0.05, 0.1) is 0 Å². The van der Waals surface area contributed by atoms with E-state index in [2.05, 4.69) is 0 Å². The van der Waals surface area contributed by atoms with E-state index in [1.807, 2.05) is 0 Å². The third kappa shape index (κ3) is 0.509. The van der Waals surface area contributed by atoms with Gasteiger partial charge in [-0.05, 0) is 0 Å². The molecule has 8 heavy (non-hydrogen) atoms. The fourth-order valence-corrected chi connectivity index (χ4v) is 1.29. The van der Waals surface area contributed by atoms with Crippen molar-refractivity contribution in [3.8, 4) is 0 Å². The van der Waals surface area contributed by atoms with Gasteiger partial charge in [0, 0.05) is 7.05 Å². The van der Waals surface area contributed by atoms with E-state index in [0.717, 1.165) is 4.31 Å². The Balaban J connectivity index is 2.91. The highest BCUT2D eigenvalue weighted by atomic mass is 32.2. The summed E-state index contributed by atoms with van der Waals surface area (Å²) in [6, 6.07) is 0. The summed E-state index contributed by atoms with van der Waals surface area (Å²) in [5.74, 6) is -0.645. The summed E-state index contributed by atoms with van der Waals surface area (Å²) in [5.41, 5.74) is 0. The molecule has 1 heterocycles. The first kappa shape index (κ1) is 5.55. The van der Waals surface area contributed by atoms with Crippen molar-refractivity contribution < 1.29 is 13.2 Å². The lowest BCUT2D eigenvalue weighted by atomic mass is 10.7. The van der Waals surface area contributed by atoms with E-state index in [-0.39, 0.29) is 11.7 Å². The molecule has 1 aliphatic heterocycles. The average molecular weight is 135 g/mol. The lowest BCUT2D eigenvalue weighted by Gasteiger charge is -2.24. The summed E-state index contributed by atoms with van der Waals surface area (Å²) in [7, 11) is -1.87. The molecule has 1 saturated heterocycles. The number of carbonyl (C=O) groups excluding carboxylic acids is 1. The van der Waals surface area contributed by atoms with E-state index in [1.165, 1.54) is 7.05 Å². The molecule has 0 radical (unpaired) electrons. The number of nitrogens with zero attached hydrogens (tertiary/aromatic N) is 1. The molecule has 0 aliphatic carbocycles. The maximum Gasteiger partial charge on any atom is 0.252 e. The molecule has 0 aromatic heterocycles. The highest BCUT2D eigenvalue weighted by molar-refractivity contribution is 7.92. The van der Waals surface area contributed by atoms with Gasteiger partial charge >= 0.3 is 0 Å². The Morgan fingerprint density at radius 3 is 2.12 bits per heavy atom. The summed E-state index contributed by atoms with van der Waals surface area (Å²) in [5, 5.41) is 0. The molecule has 0 aromatic rings. The van der Waals surface area contributed by atoms with Crippen molar-refractivity contribution in [1.82, 2.24) is 4.31 Å². The van der Waals surface area contributed by atoms with Crippen molar-refractivity contribution in [2.24, 2.45) is 0 Å². The fourth-order valence-electron chi connectivity index (χ4n) is 0.430. The van der Waals surface area contributed by atoms with Crippen LogP contribution in [0.4, 0.5) is 0 Å². The largest absolute Gasteiger partial charge is 0.273 e. The van der Waals surface area contributed by atoms with Crippen molar-refractivity contribution in [2.75, 3.05) is 12.8 Å². The third-order valence-electron chi connectivity index (χ3n) is 1.07. The van der Waals surface area contributed by atoms with Crippen LogP contribution in [0.1, 0.15) is 0 Å². The second kappa shape index (κ2) is 1.22. The van der Waals surface area contributed by atoms with Gasteiger partial charge in [-0.2, -0.15) is 0 Å². The Morgan fingerprint density at radius 2 is 2.12 bits per heavy atom. The highest BCUT2D eigenvalue weighted by Gasteiger charge is 2.37. The van der Waals surface area contributed by atoms with Gasteiger partial charge in [-0.25, -0.2) is 12.7 Å². The summed E-state index contributed by atoms with van der Waals surface area (Å²) in [6.07, 6.45) is 0. The number of carbonyl (C=O) groups is 1. The summed E-state index contributed by atoms with van der Waals surface area (Å²) in [4.78, 5) is 10.2. The summed E-state index contributed by atoms with van der Waals surface area (Å²) >= 11 is 0. The SMILES string of the molecule is CN1C(=O)CS1(=O)=O. The molecule has 46 valence electrons. The second-order valence-electron chi connectivity index (χ2n) is 1.62. The number of hydrogen-bond donors (Lipinski definition) is 0. The lowest BCUT2D eigenvalue weighted by Crippen LogP contribution is -2.50. The Hall–Kier alpha value is -0.580. The Bertz CT molecular complexity index is 217. The fraction of sp³-hybridized carbons (Fsp3) is 0.667. The van der Waals surface area contributed by atoms with Gasteiger partial charge in [-0.1, -0.05) is 0 Å². The van der Waals surface area contributed by atoms with Crippen LogP contribution in [0.3, 0.4) is 0 Å². The van der Waals surface area contributed by atoms with E-state index in [1.54, 1.807) is 0 Å². The predicted octanol–water partition coefficient (Wildman–Crippen LogP) is -1.21. The Labute approximate surface area is 47.1 Å². The van der Waals surface area contributed by atoms with E-state index >= 15 is 0 Å². The maximum atomic E-state index is 10.3. The minimum absolute atomic E-state index is 0.316. The predicted molar refractivity (Wildman–Crippen MR) is 26.6 cm³/mol. The van der Waals surface area contributed by atoms with Gasteiger partial charge in [0.25, 0.3) is 5.91 Å². The topological polar surface area (TPSA) is 54.5 Å². The molecule has 1 rings (SSSR count). The summed E-state index contributed by atoms with van der Waals surface area (Å²) < 4.78 is 21.4. The first-order valence-electron chi connectivity index (χ1n) is 2.03. The summed E-state index contributed by atoms with van der Waals surface area (Å²) in [6.45, 7) is 0. The molecule has 0 bridgehead atoms. The zero-order valence-electron chi connectivity index (χ0n) is 4.29. The maximum absolute atomic E-state index is 10.3. The zero-order valence-corrected chi connectivity index (χ0v) is 5.10. The first-order valence-corrected chi connectivity index (χ1v) is 3.64. The van der Waals surface area contributed by atoms with Crippen LogP contribution in [0, 0.1) is 0 Å². The van der Waals surface area contributed by atoms with Gasteiger partial charge in [-0.15, -0.1) is 0 Å². The molecule has 0 spiro atoms. The van der Waals surface area contributed by atoms with E-state index in [0.29, 0.717) is 0 Å². The van der Waals surface area contributed by atoms with Crippen LogP contribution in [-0.2, 0) is 14.8 Å². The molecular weight excluding hydrogens is 130 g/mol.